The smallest absolute Gasteiger partial charge is 0.411 e. The predicted octanol–water partition coefficient (Wildman–Crippen LogP) is 4.43. The molecule has 0 radical (unpaired) electrons. The third-order valence-corrected chi connectivity index (χ3v) is 9.67. The number of aliphatic carboxylic acids is 1. The van der Waals surface area contributed by atoms with Gasteiger partial charge in [0.15, 0.2) is 5.82 Å². The number of nitrogens with zero attached hydrogens (tertiary/aromatic N) is 5. The van der Waals surface area contributed by atoms with Crippen molar-refractivity contribution in [1.82, 2.24) is 30.5 Å². The molecule has 19 heteroatoms. The average molecular weight is 790 g/mol. The van der Waals surface area contributed by atoms with Crippen LogP contribution in [0.15, 0.2) is 60.9 Å². The van der Waals surface area contributed by atoms with E-state index in [9.17, 15) is 31.9 Å². The van der Waals surface area contributed by atoms with Crippen molar-refractivity contribution in [2.45, 2.75) is 50.0 Å². The number of rotatable bonds is 13. The number of carbonyl (C=O) groups excluding carboxylic acids is 2. The van der Waals surface area contributed by atoms with Gasteiger partial charge in [-0.1, -0.05) is 24.3 Å². The summed E-state index contributed by atoms with van der Waals surface area (Å²) in [5.41, 5.74) is 8.57. The number of H-pyrrole nitrogens is 1. The van der Waals surface area contributed by atoms with Gasteiger partial charge in [0.1, 0.15) is 6.04 Å². The zero-order chi connectivity index (χ0) is 38.5. The molecule has 1 aliphatic carbocycles. The van der Waals surface area contributed by atoms with Crippen LogP contribution in [0.3, 0.4) is 0 Å². The van der Waals surface area contributed by atoms with Crippen LogP contribution < -0.4 is 21.3 Å². The van der Waals surface area contributed by atoms with E-state index in [0.717, 1.165) is 29.5 Å². The number of carboxylic acid groups (broad SMARTS) is 1. The summed E-state index contributed by atoms with van der Waals surface area (Å²) in [7, 11) is 0. The summed E-state index contributed by atoms with van der Waals surface area (Å²) in [6.07, 6.45) is 6.56. The van der Waals surface area contributed by atoms with Gasteiger partial charge in [0.05, 0.1) is 13.2 Å². The highest BCUT2D eigenvalue weighted by Crippen LogP contribution is 2.42. The first-order valence-electron chi connectivity index (χ1n) is 17.4. The van der Waals surface area contributed by atoms with E-state index in [-0.39, 0.29) is 41.9 Å². The lowest BCUT2D eigenvalue weighted by Gasteiger charge is -2.28. The molecule has 0 bridgehead atoms. The van der Waals surface area contributed by atoms with E-state index >= 15 is 0 Å². The maximum Gasteiger partial charge on any atom is 0.411 e. The van der Waals surface area contributed by atoms with Crippen LogP contribution in [-0.4, -0.2) is 92.9 Å². The summed E-state index contributed by atoms with van der Waals surface area (Å²) in [4.78, 5) is 52.5. The summed E-state index contributed by atoms with van der Waals surface area (Å²) in [5.74, 6) is -15.7. The molecule has 2 aromatic carbocycles. The van der Waals surface area contributed by atoms with Gasteiger partial charge in [-0.05, 0) is 73.5 Å². The monoisotopic (exact) mass is 789 g/mol. The number of nitrogens with two attached hydrogens (primary N) is 1. The molecular formula is C36H40ClF4N9O5. The van der Waals surface area contributed by atoms with E-state index in [4.69, 9.17) is 15.6 Å². The predicted molar refractivity (Wildman–Crippen MR) is 195 cm³/mol. The Labute approximate surface area is 319 Å². The first kappa shape index (κ1) is 41.0. The van der Waals surface area contributed by atoms with Crippen molar-refractivity contribution in [3.05, 3.63) is 72.3 Å². The molecule has 2 aromatic heterocycles. The number of amides is 2. The van der Waals surface area contributed by atoms with E-state index < -0.39 is 41.4 Å². The number of aromatic amines is 1. The standard InChI is InChI=1S/C36H39F4N9O5.ClH/c37-35(38,36(39,40)33(52)53)32-46-29(47-48-32)23-8-10-27(11-9-23)44-31(51)28(45-30(50)24-6-4-21(18-41)5-7-24)17-22-2-1-3-25(16-22)26-19-42-34(43-20-26)49-12-14-54-15-13-49;/h1-3,8-11,16,19-21,24,28H,4-7,12-15,17-18,41H2,(H,44,51)(H,45,50)(H,52,53)(H,46,47,48);1H/t21-,24-,28-;/m0./s1. The second-order valence-electron chi connectivity index (χ2n) is 13.3. The molecule has 4 aromatic rings. The van der Waals surface area contributed by atoms with E-state index in [0.29, 0.717) is 57.6 Å². The number of hydrogen-bond donors (Lipinski definition) is 5. The van der Waals surface area contributed by atoms with Crippen LogP contribution in [0, 0.1) is 11.8 Å². The Bertz CT molecular complexity index is 1940. The third-order valence-electron chi connectivity index (χ3n) is 9.67. The second kappa shape index (κ2) is 17.5. The van der Waals surface area contributed by atoms with Gasteiger partial charge in [0.25, 0.3) is 0 Å². The van der Waals surface area contributed by atoms with Crippen LogP contribution in [0.2, 0.25) is 0 Å². The van der Waals surface area contributed by atoms with Crippen molar-refractivity contribution in [2.75, 3.05) is 43.1 Å². The molecular weight excluding hydrogens is 750 g/mol. The summed E-state index contributed by atoms with van der Waals surface area (Å²) in [5, 5.41) is 19.5. The number of ether oxygens (including phenoxy) is 1. The number of aromatic nitrogens is 5. The number of alkyl halides is 4. The fourth-order valence-corrected chi connectivity index (χ4v) is 6.42. The average Bonchev–Trinajstić information content (AvgIpc) is 3.70. The Morgan fingerprint density at radius 1 is 0.964 bits per heavy atom. The van der Waals surface area contributed by atoms with E-state index in [1.165, 1.54) is 24.3 Å². The fourth-order valence-electron chi connectivity index (χ4n) is 6.42. The summed E-state index contributed by atoms with van der Waals surface area (Å²) < 4.78 is 61.2. The maximum absolute atomic E-state index is 14.2. The molecule has 1 atom stereocenters. The SMILES string of the molecule is Cl.NC[C@H]1CC[C@H](C(=O)N[C@@H](Cc2cccc(-c3cnc(N4CCOCC4)nc3)c2)C(=O)Nc2ccc(-c3n[nH]c(C(F)(F)C(F)(F)C(=O)O)n3)cc2)CC1. The van der Waals surface area contributed by atoms with Gasteiger partial charge in [0, 0.05) is 54.6 Å². The zero-order valence-electron chi connectivity index (χ0n) is 29.4. The molecule has 6 N–H and O–H groups in total. The number of carbonyl (C=O) groups is 3. The van der Waals surface area contributed by atoms with Crippen molar-refractivity contribution >= 4 is 41.8 Å². The minimum absolute atomic E-state index is 0. The number of nitrogens with one attached hydrogen (secondary N) is 3. The minimum Gasteiger partial charge on any atom is -0.477 e. The summed E-state index contributed by atoms with van der Waals surface area (Å²) >= 11 is 0. The van der Waals surface area contributed by atoms with Crippen LogP contribution in [0.1, 0.15) is 37.1 Å². The number of hydrogen-bond acceptors (Lipinski definition) is 10. The van der Waals surface area contributed by atoms with Crippen LogP contribution in [0.25, 0.3) is 22.5 Å². The number of benzene rings is 2. The van der Waals surface area contributed by atoms with Crippen LogP contribution in [0.4, 0.5) is 29.2 Å². The fraction of sp³-hybridized carbons (Fsp3) is 0.417. The molecule has 0 spiro atoms. The molecule has 55 heavy (non-hydrogen) atoms. The molecule has 14 nitrogen and oxygen atoms in total. The van der Waals surface area contributed by atoms with Crippen molar-refractivity contribution in [1.29, 1.82) is 0 Å². The van der Waals surface area contributed by atoms with Crippen LogP contribution in [-0.2, 0) is 31.5 Å². The van der Waals surface area contributed by atoms with E-state index in [2.05, 4.69) is 30.7 Å². The maximum atomic E-state index is 14.2. The normalized spacial score (nSPS) is 18.2. The highest BCUT2D eigenvalue weighted by Gasteiger charge is 2.65. The van der Waals surface area contributed by atoms with Crippen LogP contribution >= 0.6 is 12.4 Å². The Balaban J connectivity index is 0.00000580. The van der Waals surface area contributed by atoms with Gasteiger partial charge in [-0.15, -0.1) is 12.4 Å². The summed E-state index contributed by atoms with van der Waals surface area (Å²) in [6.45, 7) is 3.17. The van der Waals surface area contributed by atoms with Crippen molar-refractivity contribution in [3.8, 4) is 22.5 Å². The summed E-state index contributed by atoms with van der Waals surface area (Å²) in [6, 6.07) is 12.1. The Hall–Kier alpha value is -5.20. The second-order valence-corrected chi connectivity index (χ2v) is 13.3. The van der Waals surface area contributed by atoms with Gasteiger partial charge in [-0.3, -0.25) is 14.7 Å². The van der Waals surface area contributed by atoms with Crippen LogP contribution in [0.5, 0.6) is 0 Å². The molecule has 3 heterocycles. The van der Waals surface area contributed by atoms with E-state index in [1.807, 2.05) is 29.2 Å². The Morgan fingerprint density at radius 2 is 1.64 bits per heavy atom. The van der Waals surface area contributed by atoms with Crippen molar-refractivity contribution in [3.63, 3.8) is 0 Å². The lowest BCUT2D eigenvalue weighted by molar-refractivity contribution is -0.231. The first-order chi connectivity index (χ1) is 25.8. The third kappa shape index (κ3) is 9.37. The number of carboxylic acids is 1. The molecule has 2 amide bonds. The largest absolute Gasteiger partial charge is 0.477 e. The van der Waals surface area contributed by atoms with E-state index in [1.54, 1.807) is 17.5 Å². The highest BCUT2D eigenvalue weighted by molar-refractivity contribution is 5.97. The molecule has 1 aliphatic heterocycles. The Morgan fingerprint density at radius 3 is 2.27 bits per heavy atom. The van der Waals surface area contributed by atoms with Gasteiger partial charge in [0.2, 0.25) is 23.6 Å². The van der Waals surface area contributed by atoms with Gasteiger partial charge in [-0.25, -0.2) is 19.7 Å². The first-order valence-corrected chi connectivity index (χ1v) is 17.4. The number of morpholine rings is 1. The molecule has 2 aliphatic rings. The van der Waals surface area contributed by atoms with Gasteiger partial charge >= 0.3 is 17.8 Å². The molecule has 2 fully saturated rings. The molecule has 294 valence electrons. The topological polar surface area (TPSA) is 201 Å². The molecule has 0 unspecified atom stereocenters. The van der Waals surface area contributed by atoms with Gasteiger partial charge in [-0.2, -0.15) is 22.7 Å². The molecule has 1 saturated carbocycles. The highest BCUT2D eigenvalue weighted by atomic mass is 35.5. The van der Waals surface area contributed by atoms with Crippen molar-refractivity contribution in [2.24, 2.45) is 17.6 Å². The zero-order valence-corrected chi connectivity index (χ0v) is 30.2. The minimum atomic E-state index is -5.43. The molecule has 1 saturated heterocycles. The van der Waals surface area contributed by atoms with Crippen molar-refractivity contribution < 1.29 is 41.8 Å². The lowest BCUT2D eigenvalue weighted by Crippen LogP contribution is -2.48. The number of anilines is 2. The number of halogens is 5. The molecule has 6 rings (SSSR count). The lowest BCUT2D eigenvalue weighted by atomic mass is 9.81. The quantitative estimate of drug-likeness (QED) is 0.120. The van der Waals surface area contributed by atoms with Gasteiger partial charge < -0.3 is 31.1 Å². The Kier molecular flexibility index (Phi) is 13.0.